The highest BCUT2D eigenvalue weighted by Crippen LogP contribution is 2.21. The van der Waals surface area contributed by atoms with Crippen molar-refractivity contribution in [1.82, 2.24) is 14.5 Å². The first-order chi connectivity index (χ1) is 8.84. The van der Waals surface area contributed by atoms with Crippen LogP contribution in [-0.4, -0.2) is 14.5 Å². The summed E-state index contributed by atoms with van der Waals surface area (Å²) in [5.41, 5.74) is 4.11. The van der Waals surface area contributed by atoms with Gasteiger partial charge in [-0.1, -0.05) is 30.3 Å². The van der Waals surface area contributed by atoms with Gasteiger partial charge in [-0.3, -0.25) is 4.98 Å². The van der Waals surface area contributed by atoms with Crippen LogP contribution in [0.15, 0.2) is 48.2 Å². The molecular weight excluding hydrogens is 262 g/mol. The van der Waals surface area contributed by atoms with E-state index in [0.717, 1.165) is 22.6 Å². The Bertz CT molecular complexity index is 681. The minimum Gasteiger partial charge on any atom is -0.337 e. The van der Waals surface area contributed by atoms with Crippen LogP contribution in [0.2, 0.25) is 0 Å². The van der Waals surface area contributed by atoms with Gasteiger partial charge in [0.15, 0.2) is 4.77 Å². The lowest BCUT2D eigenvalue weighted by molar-refractivity contribution is 0.801. The third-order valence-electron chi connectivity index (χ3n) is 2.74. The van der Waals surface area contributed by atoms with Gasteiger partial charge in [0.1, 0.15) is 0 Å². The van der Waals surface area contributed by atoms with Crippen molar-refractivity contribution in [2.75, 3.05) is 0 Å². The Balaban J connectivity index is 2.04. The molecule has 0 bridgehead atoms. The van der Waals surface area contributed by atoms with Crippen molar-refractivity contribution in [3.05, 3.63) is 57.9 Å². The molecular formula is C13H11N3S2. The van der Waals surface area contributed by atoms with Crippen LogP contribution < -0.4 is 0 Å². The number of nitrogens with zero attached hydrogens (tertiary/aromatic N) is 2. The Kier molecular flexibility index (Phi) is 3.08. The molecule has 5 heteroatoms. The van der Waals surface area contributed by atoms with Crippen molar-refractivity contribution in [2.45, 2.75) is 6.54 Å². The van der Waals surface area contributed by atoms with E-state index in [4.69, 9.17) is 12.2 Å². The van der Waals surface area contributed by atoms with Gasteiger partial charge < -0.3 is 9.55 Å². The van der Waals surface area contributed by atoms with Gasteiger partial charge in [-0.05, 0) is 17.8 Å². The summed E-state index contributed by atoms with van der Waals surface area (Å²) in [5, 5.41) is 0. The van der Waals surface area contributed by atoms with Crippen LogP contribution in [0.3, 0.4) is 0 Å². The van der Waals surface area contributed by atoms with E-state index < -0.39 is 0 Å². The zero-order valence-corrected chi connectivity index (χ0v) is 11.2. The fourth-order valence-electron chi connectivity index (χ4n) is 1.88. The van der Waals surface area contributed by atoms with Crippen molar-refractivity contribution in [1.29, 1.82) is 0 Å². The molecule has 0 amide bonds. The van der Waals surface area contributed by atoms with E-state index in [1.807, 2.05) is 36.1 Å². The number of hydrogen-bond acceptors (Lipinski definition) is 3. The van der Waals surface area contributed by atoms with Gasteiger partial charge in [0.2, 0.25) is 0 Å². The molecule has 0 aliphatic carbocycles. The zero-order valence-electron chi connectivity index (χ0n) is 9.54. The van der Waals surface area contributed by atoms with Crippen molar-refractivity contribution in [2.24, 2.45) is 0 Å². The Morgan fingerprint density at radius 1 is 1.28 bits per heavy atom. The second-order valence-electron chi connectivity index (χ2n) is 3.90. The van der Waals surface area contributed by atoms with Crippen LogP contribution in [0, 0.1) is 4.77 Å². The fourth-order valence-corrected chi connectivity index (χ4v) is 2.68. The molecule has 0 spiro atoms. The third kappa shape index (κ3) is 2.14. The molecule has 3 rings (SSSR count). The molecule has 2 aromatic heterocycles. The van der Waals surface area contributed by atoms with Gasteiger partial charge in [0.25, 0.3) is 0 Å². The van der Waals surface area contributed by atoms with E-state index in [9.17, 15) is 0 Å². The SMILES string of the molecule is S=c1[nH]cc(-c2ccccc2)n1Cc1cncs1. The summed E-state index contributed by atoms with van der Waals surface area (Å²) in [4.78, 5) is 8.40. The van der Waals surface area contributed by atoms with E-state index >= 15 is 0 Å². The number of aromatic amines is 1. The summed E-state index contributed by atoms with van der Waals surface area (Å²) >= 11 is 6.98. The maximum atomic E-state index is 5.34. The first kappa shape index (κ1) is 11.4. The first-order valence-electron chi connectivity index (χ1n) is 5.55. The van der Waals surface area contributed by atoms with Crippen LogP contribution >= 0.6 is 23.6 Å². The lowest BCUT2D eigenvalue weighted by Crippen LogP contribution is -2.00. The molecule has 0 saturated carbocycles. The standard InChI is InChI=1S/C13H11N3S2/c17-13-15-7-12(10-4-2-1-3-5-10)16(13)8-11-6-14-9-18-11/h1-7,9H,8H2,(H,15,17). The second kappa shape index (κ2) is 4.88. The number of benzene rings is 1. The Labute approximate surface area is 114 Å². The molecule has 1 N–H and O–H groups in total. The Morgan fingerprint density at radius 2 is 2.11 bits per heavy atom. The Morgan fingerprint density at radius 3 is 2.83 bits per heavy atom. The molecule has 0 atom stereocenters. The maximum absolute atomic E-state index is 5.34. The Hall–Kier alpha value is -1.72. The van der Waals surface area contributed by atoms with E-state index in [-0.39, 0.29) is 0 Å². The quantitative estimate of drug-likeness (QED) is 0.738. The molecule has 2 heterocycles. The smallest absolute Gasteiger partial charge is 0.177 e. The zero-order chi connectivity index (χ0) is 12.4. The summed E-state index contributed by atoms with van der Waals surface area (Å²) < 4.78 is 2.83. The lowest BCUT2D eigenvalue weighted by Gasteiger charge is -2.06. The average molecular weight is 273 g/mol. The van der Waals surface area contributed by atoms with Crippen LogP contribution in [0.4, 0.5) is 0 Å². The minimum atomic E-state index is 0.738. The molecule has 3 nitrogen and oxygen atoms in total. The summed E-state index contributed by atoms with van der Waals surface area (Å²) in [5.74, 6) is 0. The van der Waals surface area contributed by atoms with Crippen molar-refractivity contribution in [3.63, 3.8) is 0 Å². The normalized spacial score (nSPS) is 10.7. The number of rotatable bonds is 3. The monoisotopic (exact) mass is 273 g/mol. The van der Waals surface area contributed by atoms with Gasteiger partial charge in [0.05, 0.1) is 17.7 Å². The summed E-state index contributed by atoms with van der Waals surface area (Å²) in [6.07, 6.45) is 3.84. The molecule has 3 aromatic rings. The van der Waals surface area contributed by atoms with Crippen molar-refractivity contribution < 1.29 is 0 Å². The number of H-pyrrole nitrogens is 1. The van der Waals surface area contributed by atoms with Crippen LogP contribution in [-0.2, 0) is 6.54 Å². The largest absolute Gasteiger partial charge is 0.337 e. The molecule has 1 aromatic carbocycles. The fraction of sp³-hybridized carbons (Fsp3) is 0.0769. The second-order valence-corrected chi connectivity index (χ2v) is 5.26. The maximum Gasteiger partial charge on any atom is 0.177 e. The molecule has 90 valence electrons. The number of thiazole rings is 1. The number of hydrogen-bond donors (Lipinski definition) is 1. The third-order valence-corrected chi connectivity index (χ3v) is 3.84. The highest BCUT2D eigenvalue weighted by Gasteiger charge is 2.07. The van der Waals surface area contributed by atoms with Gasteiger partial charge in [0, 0.05) is 17.3 Å². The summed E-state index contributed by atoms with van der Waals surface area (Å²) in [7, 11) is 0. The molecule has 0 saturated heterocycles. The van der Waals surface area contributed by atoms with E-state index in [2.05, 4.69) is 26.7 Å². The van der Waals surface area contributed by atoms with Crippen LogP contribution in [0.25, 0.3) is 11.3 Å². The van der Waals surface area contributed by atoms with Gasteiger partial charge >= 0.3 is 0 Å². The predicted molar refractivity (Wildman–Crippen MR) is 76.3 cm³/mol. The lowest BCUT2D eigenvalue weighted by atomic mass is 10.2. The number of imidazole rings is 1. The number of nitrogens with one attached hydrogen (secondary N) is 1. The predicted octanol–water partition coefficient (Wildman–Crippen LogP) is 3.72. The average Bonchev–Trinajstić information content (AvgIpc) is 3.03. The van der Waals surface area contributed by atoms with Gasteiger partial charge in [-0.2, -0.15) is 0 Å². The molecule has 18 heavy (non-hydrogen) atoms. The molecule has 0 aliphatic rings. The molecule has 0 radical (unpaired) electrons. The van der Waals surface area contributed by atoms with E-state index in [1.165, 1.54) is 4.88 Å². The van der Waals surface area contributed by atoms with Crippen LogP contribution in [0.1, 0.15) is 4.88 Å². The molecule has 0 aliphatic heterocycles. The van der Waals surface area contributed by atoms with Crippen LogP contribution in [0.5, 0.6) is 0 Å². The summed E-state index contributed by atoms with van der Waals surface area (Å²) in [6, 6.07) is 10.2. The molecule has 0 unspecified atom stereocenters. The highest BCUT2D eigenvalue weighted by atomic mass is 32.1. The summed E-state index contributed by atoms with van der Waals surface area (Å²) in [6.45, 7) is 0.761. The van der Waals surface area contributed by atoms with Gasteiger partial charge in [-0.15, -0.1) is 11.3 Å². The van der Waals surface area contributed by atoms with E-state index in [1.54, 1.807) is 11.3 Å². The first-order valence-corrected chi connectivity index (χ1v) is 6.84. The minimum absolute atomic E-state index is 0.738. The van der Waals surface area contributed by atoms with Gasteiger partial charge in [-0.25, -0.2) is 0 Å². The van der Waals surface area contributed by atoms with Crippen molar-refractivity contribution >= 4 is 23.6 Å². The highest BCUT2D eigenvalue weighted by molar-refractivity contribution is 7.71. The topological polar surface area (TPSA) is 33.6 Å². The number of aromatic nitrogens is 3. The molecule has 0 fully saturated rings. The van der Waals surface area contributed by atoms with Crippen molar-refractivity contribution in [3.8, 4) is 11.3 Å². The van der Waals surface area contributed by atoms with E-state index in [0.29, 0.717) is 0 Å².